The normalized spacial score (nSPS) is 15.6. The average Bonchev–Trinajstić information content (AvgIpc) is 2.71. The Bertz CT molecular complexity index is 552. The van der Waals surface area contributed by atoms with Crippen LogP contribution in [0.2, 0.25) is 0 Å². The van der Waals surface area contributed by atoms with E-state index in [1.165, 1.54) is 70.6 Å². The number of hydrogen-bond acceptors (Lipinski definition) is 2. The Hall–Kier alpha value is -1.35. The molecule has 0 spiro atoms. The summed E-state index contributed by atoms with van der Waals surface area (Å²) < 4.78 is 0. The number of carboxylic acid groups (broad SMARTS) is 1. The van der Waals surface area contributed by atoms with Crippen molar-refractivity contribution < 1.29 is 15.0 Å². The van der Waals surface area contributed by atoms with Crippen LogP contribution in [0.3, 0.4) is 0 Å². The molecule has 1 rings (SSSR count). The van der Waals surface area contributed by atoms with Gasteiger partial charge in [-0.15, -0.1) is 0 Å². The molecule has 0 heterocycles. The zero-order valence-corrected chi connectivity index (χ0v) is 19.1. The predicted molar refractivity (Wildman–Crippen MR) is 122 cm³/mol. The average molecular weight is 405 g/mol. The van der Waals surface area contributed by atoms with E-state index in [0.29, 0.717) is 12.0 Å². The summed E-state index contributed by atoms with van der Waals surface area (Å²) in [6.07, 6.45) is 17.1. The Balaban J connectivity index is 2.23. The van der Waals surface area contributed by atoms with Crippen molar-refractivity contribution in [3.63, 3.8) is 0 Å². The molecular formula is C26H44O3. The van der Waals surface area contributed by atoms with E-state index in [1.807, 2.05) is 18.2 Å². The molecule has 1 aromatic rings. The fourth-order valence-corrected chi connectivity index (χ4v) is 4.17. The van der Waals surface area contributed by atoms with Crippen molar-refractivity contribution in [1.29, 1.82) is 0 Å². The Morgan fingerprint density at radius 1 is 0.759 bits per heavy atom. The lowest BCUT2D eigenvalue weighted by atomic mass is 9.67. The van der Waals surface area contributed by atoms with E-state index in [9.17, 15) is 15.0 Å². The van der Waals surface area contributed by atoms with Crippen LogP contribution in [0.15, 0.2) is 30.3 Å². The molecular weight excluding hydrogens is 360 g/mol. The Kier molecular flexibility index (Phi) is 12.2. The zero-order chi connectivity index (χ0) is 21.6. The molecule has 29 heavy (non-hydrogen) atoms. The van der Waals surface area contributed by atoms with Crippen LogP contribution in [0.5, 0.6) is 0 Å². The summed E-state index contributed by atoms with van der Waals surface area (Å²) in [6, 6.07) is 9.13. The first-order chi connectivity index (χ1) is 13.9. The summed E-state index contributed by atoms with van der Waals surface area (Å²) in [5, 5.41) is 20.9. The lowest BCUT2D eigenvalue weighted by Crippen LogP contribution is -2.53. The largest absolute Gasteiger partial charge is 0.481 e. The lowest BCUT2D eigenvalue weighted by Gasteiger charge is -2.40. The highest BCUT2D eigenvalue weighted by molar-refractivity contribution is 5.82. The van der Waals surface area contributed by atoms with E-state index >= 15 is 0 Å². The van der Waals surface area contributed by atoms with Gasteiger partial charge >= 0.3 is 5.97 Å². The maximum Gasteiger partial charge on any atom is 0.316 e. The molecule has 0 aliphatic carbocycles. The molecule has 3 nitrogen and oxygen atoms in total. The molecule has 1 aromatic carbocycles. The molecule has 166 valence electrons. The third-order valence-electron chi connectivity index (χ3n) is 6.62. The van der Waals surface area contributed by atoms with E-state index in [0.717, 1.165) is 12.8 Å². The van der Waals surface area contributed by atoms with E-state index in [-0.39, 0.29) is 0 Å². The summed E-state index contributed by atoms with van der Waals surface area (Å²) in [5.74, 6) is -0.969. The molecule has 0 aliphatic rings. The molecule has 0 fully saturated rings. The second-order valence-electron chi connectivity index (χ2n) is 9.06. The van der Waals surface area contributed by atoms with Crippen LogP contribution < -0.4 is 0 Å². The fraction of sp³-hybridized carbons (Fsp3) is 0.731. The van der Waals surface area contributed by atoms with E-state index in [1.54, 1.807) is 26.0 Å². The van der Waals surface area contributed by atoms with Crippen molar-refractivity contribution in [3.8, 4) is 0 Å². The summed E-state index contributed by atoms with van der Waals surface area (Å²) >= 11 is 0. The van der Waals surface area contributed by atoms with Gasteiger partial charge in [-0.1, -0.05) is 121 Å². The van der Waals surface area contributed by atoms with Gasteiger partial charge in [-0.05, 0) is 25.8 Å². The molecule has 0 aromatic heterocycles. The number of unbranched alkanes of at least 4 members (excludes halogenated alkanes) is 12. The fourth-order valence-electron chi connectivity index (χ4n) is 4.17. The van der Waals surface area contributed by atoms with Crippen LogP contribution in [0.25, 0.3) is 0 Å². The van der Waals surface area contributed by atoms with Gasteiger partial charge in [-0.25, -0.2) is 0 Å². The molecule has 0 saturated heterocycles. The molecule has 2 N–H and O–H groups in total. The molecule has 2 atom stereocenters. The van der Waals surface area contributed by atoms with E-state index in [2.05, 4.69) is 6.92 Å². The van der Waals surface area contributed by atoms with Gasteiger partial charge < -0.3 is 10.2 Å². The number of aliphatic carboxylic acids is 1. The van der Waals surface area contributed by atoms with Gasteiger partial charge in [0.05, 0.1) is 5.60 Å². The highest BCUT2D eigenvalue weighted by Gasteiger charge is 2.50. The van der Waals surface area contributed by atoms with Gasteiger partial charge in [-0.2, -0.15) is 0 Å². The van der Waals surface area contributed by atoms with Crippen LogP contribution in [0.4, 0.5) is 0 Å². The Morgan fingerprint density at radius 3 is 1.59 bits per heavy atom. The number of benzene rings is 1. The first kappa shape index (κ1) is 25.7. The Labute approximate surface area is 178 Å². The van der Waals surface area contributed by atoms with Crippen LogP contribution in [0.1, 0.15) is 116 Å². The van der Waals surface area contributed by atoms with Gasteiger partial charge in [0.2, 0.25) is 0 Å². The predicted octanol–water partition coefficient (Wildman–Crippen LogP) is 7.26. The molecule has 0 saturated carbocycles. The van der Waals surface area contributed by atoms with E-state index in [4.69, 9.17) is 0 Å². The van der Waals surface area contributed by atoms with Crippen molar-refractivity contribution in [2.45, 2.75) is 122 Å². The zero-order valence-electron chi connectivity index (χ0n) is 19.1. The van der Waals surface area contributed by atoms with E-state index < -0.39 is 17.0 Å². The minimum Gasteiger partial charge on any atom is -0.481 e. The second kappa shape index (κ2) is 13.8. The summed E-state index contributed by atoms with van der Waals surface area (Å²) in [6.45, 7) is 5.58. The molecule has 0 amide bonds. The number of rotatable bonds is 17. The SMILES string of the molecule is CCCCCCCCCCCCCCCC(C)(O)C(C)(C(=O)O)c1ccccc1. The first-order valence-corrected chi connectivity index (χ1v) is 11.9. The van der Waals surface area contributed by atoms with Gasteiger partial charge in [0, 0.05) is 0 Å². The first-order valence-electron chi connectivity index (χ1n) is 11.9. The smallest absolute Gasteiger partial charge is 0.316 e. The Morgan fingerprint density at radius 2 is 1.17 bits per heavy atom. The number of carboxylic acids is 1. The summed E-state index contributed by atoms with van der Waals surface area (Å²) in [4.78, 5) is 12.0. The van der Waals surface area contributed by atoms with Crippen molar-refractivity contribution >= 4 is 5.97 Å². The van der Waals surface area contributed by atoms with Crippen LogP contribution in [-0.4, -0.2) is 21.8 Å². The highest BCUT2D eigenvalue weighted by atomic mass is 16.4. The molecule has 0 radical (unpaired) electrons. The summed E-state index contributed by atoms with van der Waals surface area (Å²) in [5.41, 5.74) is -1.92. The topological polar surface area (TPSA) is 57.5 Å². The van der Waals surface area contributed by atoms with Crippen molar-refractivity contribution in [2.75, 3.05) is 0 Å². The lowest BCUT2D eigenvalue weighted by molar-refractivity contribution is -0.154. The number of carbonyl (C=O) groups is 1. The quantitative estimate of drug-likeness (QED) is 0.269. The van der Waals surface area contributed by atoms with Crippen molar-refractivity contribution in [2.24, 2.45) is 0 Å². The van der Waals surface area contributed by atoms with Gasteiger partial charge in [0.15, 0.2) is 0 Å². The van der Waals surface area contributed by atoms with Crippen molar-refractivity contribution in [1.82, 2.24) is 0 Å². The van der Waals surface area contributed by atoms with Crippen molar-refractivity contribution in [3.05, 3.63) is 35.9 Å². The minimum atomic E-state index is -1.30. The molecule has 3 heteroatoms. The second-order valence-corrected chi connectivity index (χ2v) is 9.06. The third-order valence-corrected chi connectivity index (χ3v) is 6.62. The minimum absolute atomic E-state index is 0.502. The van der Waals surface area contributed by atoms with Gasteiger partial charge in [0.25, 0.3) is 0 Å². The third kappa shape index (κ3) is 8.50. The maximum absolute atomic E-state index is 12.0. The number of hydrogen-bond donors (Lipinski definition) is 2. The molecule has 0 aliphatic heterocycles. The number of aliphatic hydroxyl groups is 1. The highest BCUT2D eigenvalue weighted by Crippen LogP contribution is 2.39. The van der Waals surface area contributed by atoms with Gasteiger partial charge in [-0.3, -0.25) is 4.79 Å². The van der Waals surface area contributed by atoms with Crippen LogP contribution in [0, 0.1) is 0 Å². The molecule has 0 bridgehead atoms. The summed E-state index contributed by atoms with van der Waals surface area (Å²) in [7, 11) is 0. The standard InChI is InChI=1S/C26H44O3/c1-4-5-6-7-8-9-10-11-12-13-14-15-19-22-25(2,29)26(3,24(27)28)23-20-17-16-18-21-23/h16-18,20-21,29H,4-15,19,22H2,1-3H3,(H,27,28). The maximum atomic E-state index is 12.0. The molecule has 2 unspecified atom stereocenters. The van der Waals surface area contributed by atoms with Crippen LogP contribution >= 0.6 is 0 Å². The van der Waals surface area contributed by atoms with Crippen LogP contribution in [-0.2, 0) is 10.2 Å². The monoisotopic (exact) mass is 404 g/mol. The van der Waals surface area contributed by atoms with Gasteiger partial charge in [0.1, 0.15) is 5.41 Å².